The first-order valence-electron chi connectivity index (χ1n) is 5.61. The molecule has 0 aromatic rings. The molecule has 0 aliphatic carbocycles. The smallest absolute Gasteiger partial charge is 0.243 e. The fourth-order valence-corrected chi connectivity index (χ4v) is 1.12. The summed E-state index contributed by atoms with van der Waals surface area (Å²) in [7, 11) is 1.54. The van der Waals surface area contributed by atoms with Gasteiger partial charge in [0.05, 0.1) is 6.10 Å². The monoisotopic (exact) mass is 243 g/mol. The van der Waals surface area contributed by atoms with Crippen molar-refractivity contribution in [3.63, 3.8) is 0 Å². The van der Waals surface area contributed by atoms with Crippen molar-refractivity contribution in [2.75, 3.05) is 13.9 Å². The molecule has 0 aliphatic heterocycles. The van der Waals surface area contributed by atoms with Gasteiger partial charge in [-0.25, -0.2) is 5.48 Å². The molecular weight excluding hydrogens is 222 g/mol. The summed E-state index contributed by atoms with van der Waals surface area (Å²) in [6, 6.07) is 0. The summed E-state index contributed by atoms with van der Waals surface area (Å²) < 4.78 is 10.2. The van der Waals surface area contributed by atoms with Gasteiger partial charge < -0.3 is 9.47 Å². The highest BCUT2D eigenvalue weighted by molar-refractivity contribution is 5.74. The summed E-state index contributed by atoms with van der Waals surface area (Å²) in [5.74, 6) is -0.423. The van der Waals surface area contributed by atoms with Gasteiger partial charge in [-0.1, -0.05) is 31.2 Å². The molecule has 2 N–H and O–H groups in total. The van der Waals surface area contributed by atoms with Gasteiger partial charge in [0.1, 0.15) is 6.79 Å². The summed E-state index contributed by atoms with van der Waals surface area (Å²) in [5.41, 5.74) is 1.59. The second-order valence-corrected chi connectivity index (χ2v) is 3.41. The van der Waals surface area contributed by atoms with Crippen molar-refractivity contribution in [1.29, 1.82) is 0 Å². The summed E-state index contributed by atoms with van der Waals surface area (Å²) in [6.45, 7) is 2.22. The van der Waals surface area contributed by atoms with Gasteiger partial charge >= 0.3 is 0 Å². The van der Waals surface area contributed by atoms with Crippen LogP contribution in [0, 0.1) is 0 Å². The number of carbonyl (C=O) groups excluding carboxylic acids is 1. The molecule has 1 amide bonds. The highest BCUT2D eigenvalue weighted by atomic mass is 16.7. The van der Waals surface area contributed by atoms with E-state index in [-0.39, 0.29) is 19.3 Å². The first kappa shape index (κ1) is 15.8. The lowest BCUT2D eigenvalue weighted by molar-refractivity contribution is -0.130. The Morgan fingerprint density at radius 3 is 2.82 bits per heavy atom. The van der Waals surface area contributed by atoms with E-state index in [9.17, 15) is 4.79 Å². The molecule has 0 saturated heterocycles. The van der Waals surface area contributed by atoms with Gasteiger partial charge in [0, 0.05) is 13.5 Å². The topological polar surface area (TPSA) is 67.8 Å². The molecule has 0 fully saturated rings. The Bertz CT molecular complexity index is 251. The third-order valence-corrected chi connectivity index (χ3v) is 1.99. The average Bonchev–Trinajstić information content (AvgIpc) is 2.36. The molecule has 0 saturated carbocycles. The van der Waals surface area contributed by atoms with E-state index in [0.717, 1.165) is 6.42 Å². The number of hydrogen-bond donors (Lipinski definition) is 2. The minimum absolute atomic E-state index is 0.174. The van der Waals surface area contributed by atoms with Crippen molar-refractivity contribution in [3.8, 4) is 0 Å². The highest BCUT2D eigenvalue weighted by Crippen LogP contribution is 2.05. The summed E-state index contributed by atoms with van der Waals surface area (Å²) in [6.07, 6.45) is 9.14. The average molecular weight is 243 g/mol. The Balaban J connectivity index is 4.07. The standard InChI is InChI=1S/C12H21NO4/c1-3-4-5-6-7-11(17-10-16-2)8-9-12(14)13-15/h4-7,11,15H,3,8-10H2,1-2H3,(H,13,14)/b5-4+,7-6+/t11-/m1/s1. The molecule has 0 spiro atoms. The third-order valence-electron chi connectivity index (χ3n) is 1.99. The molecule has 98 valence electrons. The number of nitrogens with one attached hydrogen (secondary N) is 1. The zero-order chi connectivity index (χ0) is 12.9. The lowest BCUT2D eigenvalue weighted by Crippen LogP contribution is -2.21. The lowest BCUT2D eigenvalue weighted by atomic mass is 10.1. The van der Waals surface area contributed by atoms with E-state index in [1.807, 2.05) is 24.3 Å². The van der Waals surface area contributed by atoms with Gasteiger partial charge in [-0.05, 0) is 12.8 Å². The van der Waals surface area contributed by atoms with Crippen molar-refractivity contribution in [2.45, 2.75) is 32.3 Å². The molecule has 0 radical (unpaired) electrons. The first-order valence-corrected chi connectivity index (χ1v) is 5.61. The molecule has 5 heteroatoms. The molecule has 0 unspecified atom stereocenters. The maximum Gasteiger partial charge on any atom is 0.243 e. The van der Waals surface area contributed by atoms with Crippen LogP contribution >= 0.6 is 0 Å². The molecule has 5 nitrogen and oxygen atoms in total. The second kappa shape index (κ2) is 11.3. The van der Waals surface area contributed by atoms with Crippen LogP contribution in [0.2, 0.25) is 0 Å². The molecule has 1 atom stereocenters. The zero-order valence-electron chi connectivity index (χ0n) is 10.4. The number of rotatable bonds is 9. The third kappa shape index (κ3) is 9.74. The normalized spacial score (nSPS) is 13.4. The van der Waals surface area contributed by atoms with Crippen LogP contribution in [0.1, 0.15) is 26.2 Å². The van der Waals surface area contributed by atoms with Gasteiger partial charge in [-0.2, -0.15) is 0 Å². The van der Waals surface area contributed by atoms with Crippen LogP contribution in [0.3, 0.4) is 0 Å². The number of hydrogen-bond acceptors (Lipinski definition) is 4. The molecular formula is C12H21NO4. The highest BCUT2D eigenvalue weighted by Gasteiger charge is 2.07. The van der Waals surface area contributed by atoms with Gasteiger partial charge in [-0.3, -0.25) is 10.0 Å². The van der Waals surface area contributed by atoms with E-state index in [0.29, 0.717) is 6.42 Å². The first-order chi connectivity index (χ1) is 8.24. The number of carbonyl (C=O) groups is 1. The Morgan fingerprint density at radius 1 is 1.47 bits per heavy atom. The number of methoxy groups -OCH3 is 1. The van der Waals surface area contributed by atoms with Crippen LogP contribution in [0.25, 0.3) is 0 Å². The quantitative estimate of drug-likeness (QED) is 0.280. The minimum Gasteiger partial charge on any atom is -0.359 e. The number of ether oxygens (including phenoxy) is 2. The van der Waals surface area contributed by atoms with E-state index in [1.165, 1.54) is 7.11 Å². The number of allylic oxidation sites excluding steroid dienone is 3. The van der Waals surface area contributed by atoms with Crippen molar-refractivity contribution in [1.82, 2.24) is 5.48 Å². The van der Waals surface area contributed by atoms with E-state index in [2.05, 4.69) is 6.92 Å². The molecule has 17 heavy (non-hydrogen) atoms. The summed E-state index contributed by atoms with van der Waals surface area (Å²) >= 11 is 0. The van der Waals surface area contributed by atoms with Gasteiger partial charge in [-0.15, -0.1) is 0 Å². The largest absolute Gasteiger partial charge is 0.359 e. The predicted molar refractivity (Wildman–Crippen MR) is 64.5 cm³/mol. The van der Waals surface area contributed by atoms with Crippen LogP contribution in [0.4, 0.5) is 0 Å². The van der Waals surface area contributed by atoms with E-state index in [4.69, 9.17) is 14.7 Å². The second-order valence-electron chi connectivity index (χ2n) is 3.41. The number of hydroxylamine groups is 1. The molecule has 0 rings (SSSR count). The van der Waals surface area contributed by atoms with Crippen molar-refractivity contribution in [2.24, 2.45) is 0 Å². The fraction of sp³-hybridized carbons (Fsp3) is 0.583. The fourth-order valence-electron chi connectivity index (χ4n) is 1.12. The molecule has 0 bridgehead atoms. The van der Waals surface area contributed by atoms with Crippen molar-refractivity contribution < 1.29 is 19.5 Å². The van der Waals surface area contributed by atoms with Crippen LogP contribution < -0.4 is 5.48 Å². The van der Waals surface area contributed by atoms with Gasteiger partial charge in [0.25, 0.3) is 0 Å². The Hall–Kier alpha value is -1.17. The minimum atomic E-state index is -0.423. The van der Waals surface area contributed by atoms with Crippen LogP contribution in [-0.2, 0) is 14.3 Å². The van der Waals surface area contributed by atoms with E-state index >= 15 is 0 Å². The lowest BCUT2D eigenvalue weighted by Gasteiger charge is -2.12. The molecule has 0 aliphatic rings. The summed E-state index contributed by atoms with van der Waals surface area (Å²) in [4.78, 5) is 10.9. The van der Waals surface area contributed by atoms with Crippen LogP contribution in [0.5, 0.6) is 0 Å². The van der Waals surface area contributed by atoms with Crippen molar-refractivity contribution >= 4 is 5.91 Å². The summed E-state index contributed by atoms with van der Waals surface area (Å²) in [5, 5.41) is 8.38. The molecule has 0 aromatic carbocycles. The van der Waals surface area contributed by atoms with Crippen LogP contribution in [-0.4, -0.2) is 31.1 Å². The Morgan fingerprint density at radius 2 is 2.24 bits per heavy atom. The SMILES string of the molecule is CC/C=C/C=C/[C@H](CCC(=O)NO)OCOC. The van der Waals surface area contributed by atoms with Crippen molar-refractivity contribution in [3.05, 3.63) is 24.3 Å². The van der Waals surface area contributed by atoms with Crippen LogP contribution in [0.15, 0.2) is 24.3 Å². The van der Waals surface area contributed by atoms with E-state index in [1.54, 1.807) is 5.48 Å². The Labute approximate surface area is 102 Å². The predicted octanol–water partition coefficient (Wildman–Crippen LogP) is 1.78. The van der Waals surface area contributed by atoms with Gasteiger partial charge in [0.2, 0.25) is 5.91 Å². The Kier molecular flexibility index (Phi) is 10.5. The zero-order valence-corrected chi connectivity index (χ0v) is 10.4. The maximum absolute atomic E-state index is 10.9. The maximum atomic E-state index is 10.9. The molecule has 0 aromatic heterocycles. The van der Waals surface area contributed by atoms with E-state index < -0.39 is 5.91 Å². The molecule has 0 heterocycles. The number of amides is 1. The van der Waals surface area contributed by atoms with Gasteiger partial charge in [0.15, 0.2) is 0 Å².